The molecule has 0 bridgehead atoms. The second kappa shape index (κ2) is 5.95. The monoisotopic (exact) mass is 274 g/mol. The molecule has 3 nitrogen and oxygen atoms in total. The molecule has 106 valence electrons. The van der Waals surface area contributed by atoms with Crippen LogP contribution in [0.3, 0.4) is 0 Å². The number of carbonyl (C=O) groups excluding carboxylic acids is 1. The number of anilines is 2. The van der Waals surface area contributed by atoms with Crippen LogP contribution in [0, 0.1) is 0 Å². The summed E-state index contributed by atoms with van der Waals surface area (Å²) in [7, 11) is 3.41. The average Bonchev–Trinajstić information content (AvgIpc) is 2.27. The van der Waals surface area contributed by atoms with E-state index in [9.17, 15) is 18.0 Å². The molecule has 1 rings (SSSR count). The van der Waals surface area contributed by atoms with Crippen molar-refractivity contribution in [3.8, 4) is 0 Å². The highest BCUT2D eigenvalue weighted by Crippen LogP contribution is 2.34. The zero-order valence-corrected chi connectivity index (χ0v) is 11.1. The topological polar surface area (TPSA) is 32.3 Å². The van der Waals surface area contributed by atoms with Gasteiger partial charge in [-0.25, -0.2) is 0 Å². The van der Waals surface area contributed by atoms with Gasteiger partial charge in [0.25, 0.3) is 0 Å². The molecule has 1 aromatic rings. The smallest absolute Gasteiger partial charge is 0.376 e. The first-order chi connectivity index (χ1) is 8.75. The van der Waals surface area contributed by atoms with E-state index in [1.807, 2.05) is 6.92 Å². The van der Waals surface area contributed by atoms with Crippen molar-refractivity contribution in [3.63, 3.8) is 0 Å². The maximum absolute atomic E-state index is 12.7. The third kappa shape index (κ3) is 4.15. The largest absolute Gasteiger partial charge is 0.416 e. The highest BCUT2D eigenvalue weighted by atomic mass is 19.4. The van der Waals surface area contributed by atoms with Gasteiger partial charge in [-0.15, -0.1) is 0 Å². The van der Waals surface area contributed by atoms with Gasteiger partial charge < -0.3 is 10.2 Å². The number of hydrogen-bond acceptors (Lipinski definition) is 2. The summed E-state index contributed by atoms with van der Waals surface area (Å²) in [5.74, 6) is -0.287. The summed E-state index contributed by atoms with van der Waals surface area (Å²) in [5, 5.41) is 2.52. The van der Waals surface area contributed by atoms with E-state index in [4.69, 9.17) is 0 Å². The molecule has 0 aliphatic heterocycles. The molecule has 0 spiro atoms. The van der Waals surface area contributed by atoms with Crippen LogP contribution < -0.4 is 10.2 Å². The molecule has 0 saturated carbocycles. The molecule has 19 heavy (non-hydrogen) atoms. The maximum Gasteiger partial charge on any atom is 0.416 e. The lowest BCUT2D eigenvalue weighted by Crippen LogP contribution is -2.17. The quantitative estimate of drug-likeness (QED) is 0.911. The van der Waals surface area contributed by atoms with Crippen LogP contribution in [-0.2, 0) is 11.0 Å². The minimum atomic E-state index is -4.42. The zero-order chi connectivity index (χ0) is 14.6. The van der Waals surface area contributed by atoms with Crippen molar-refractivity contribution in [2.75, 3.05) is 24.3 Å². The van der Waals surface area contributed by atoms with Crippen LogP contribution in [0.1, 0.15) is 25.3 Å². The van der Waals surface area contributed by atoms with E-state index in [2.05, 4.69) is 5.32 Å². The van der Waals surface area contributed by atoms with E-state index in [-0.39, 0.29) is 18.0 Å². The van der Waals surface area contributed by atoms with Crippen LogP contribution in [-0.4, -0.2) is 20.0 Å². The van der Waals surface area contributed by atoms with Gasteiger partial charge in [-0.3, -0.25) is 4.79 Å². The third-order valence-corrected chi connectivity index (χ3v) is 2.56. The molecule has 0 fully saturated rings. The molecule has 1 N–H and O–H groups in total. The molecule has 0 heterocycles. The van der Waals surface area contributed by atoms with Gasteiger partial charge in [-0.2, -0.15) is 13.2 Å². The summed E-state index contributed by atoms with van der Waals surface area (Å²) in [6, 6.07) is 3.32. The van der Waals surface area contributed by atoms with Gasteiger partial charge in [0.2, 0.25) is 5.91 Å². The lowest BCUT2D eigenvalue weighted by atomic mass is 10.1. The number of alkyl halides is 3. The molecule has 0 aliphatic rings. The van der Waals surface area contributed by atoms with Crippen molar-refractivity contribution in [1.82, 2.24) is 0 Å². The van der Waals surface area contributed by atoms with Crippen molar-refractivity contribution < 1.29 is 18.0 Å². The fraction of sp³-hybridized carbons (Fsp3) is 0.462. The molecule has 0 radical (unpaired) electrons. The van der Waals surface area contributed by atoms with E-state index in [0.717, 1.165) is 12.1 Å². The Labute approximate surface area is 110 Å². The lowest BCUT2D eigenvalue weighted by Gasteiger charge is -2.19. The van der Waals surface area contributed by atoms with E-state index >= 15 is 0 Å². The second-order valence-electron chi connectivity index (χ2n) is 4.42. The summed E-state index contributed by atoms with van der Waals surface area (Å²) >= 11 is 0. The molecule has 0 saturated heterocycles. The predicted molar refractivity (Wildman–Crippen MR) is 69.3 cm³/mol. The van der Waals surface area contributed by atoms with Crippen molar-refractivity contribution in [3.05, 3.63) is 23.8 Å². The third-order valence-electron chi connectivity index (χ3n) is 2.56. The fourth-order valence-corrected chi connectivity index (χ4v) is 1.64. The number of rotatable bonds is 4. The number of carbonyl (C=O) groups is 1. The van der Waals surface area contributed by atoms with Gasteiger partial charge in [0.15, 0.2) is 0 Å². The Bertz CT molecular complexity index is 456. The summed E-state index contributed by atoms with van der Waals surface area (Å²) < 4.78 is 38.0. The Balaban J connectivity index is 3.12. The predicted octanol–water partition coefficient (Wildman–Crippen LogP) is 3.51. The Morgan fingerprint density at radius 1 is 1.32 bits per heavy atom. The highest BCUT2D eigenvalue weighted by molar-refractivity contribution is 5.94. The van der Waals surface area contributed by atoms with Crippen LogP contribution in [0.5, 0.6) is 0 Å². The first-order valence-corrected chi connectivity index (χ1v) is 5.94. The summed E-state index contributed by atoms with van der Waals surface area (Å²) in [6.07, 6.45) is -3.50. The Morgan fingerprint density at radius 2 is 1.95 bits per heavy atom. The van der Waals surface area contributed by atoms with Gasteiger partial charge in [0.05, 0.1) is 16.9 Å². The van der Waals surface area contributed by atoms with Crippen LogP contribution in [0.2, 0.25) is 0 Å². The normalized spacial score (nSPS) is 11.3. The van der Waals surface area contributed by atoms with Gasteiger partial charge in [0.1, 0.15) is 0 Å². The Kier molecular flexibility index (Phi) is 4.80. The molecule has 0 unspecified atom stereocenters. The molecular weight excluding hydrogens is 257 g/mol. The standard InChI is InChI=1S/C13H17F3N2O/c1-4-5-12(19)17-10-8-9(13(14,15)16)6-7-11(10)18(2)3/h6-8H,4-5H2,1-3H3,(H,17,19). The van der Waals surface area contributed by atoms with Crippen LogP contribution in [0.25, 0.3) is 0 Å². The maximum atomic E-state index is 12.7. The highest BCUT2D eigenvalue weighted by Gasteiger charge is 2.31. The average molecular weight is 274 g/mol. The van der Waals surface area contributed by atoms with Crippen molar-refractivity contribution in [2.45, 2.75) is 25.9 Å². The van der Waals surface area contributed by atoms with Gasteiger partial charge in [0, 0.05) is 20.5 Å². The van der Waals surface area contributed by atoms with Gasteiger partial charge >= 0.3 is 6.18 Å². The summed E-state index contributed by atoms with van der Waals surface area (Å²) in [6.45, 7) is 1.83. The van der Waals surface area contributed by atoms with E-state index in [1.54, 1.807) is 19.0 Å². The molecule has 0 atom stereocenters. The van der Waals surface area contributed by atoms with E-state index in [0.29, 0.717) is 12.1 Å². The fourth-order valence-electron chi connectivity index (χ4n) is 1.64. The van der Waals surface area contributed by atoms with Crippen LogP contribution in [0.15, 0.2) is 18.2 Å². The first kappa shape index (κ1) is 15.3. The van der Waals surface area contributed by atoms with Crippen LogP contribution in [0.4, 0.5) is 24.5 Å². The number of halogens is 3. The van der Waals surface area contributed by atoms with Crippen molar-refractivity contribution in [1.29, 1.82) is 0 Å². The minimum absolute atomic E-state index is 0.179. The molecular formula is C13H17F3N2O. The molecule has 6 heteroatoms. The number of benzene rings is 1. The molecule has 1 aromatic carbocycles. The number of nitrogens with zero attached hydrogens (tertiary/aromatic N) is 1. The SMILES string of the molecule is CCCC(=O)Nc1cc(C(F)(F)F)ccc1N(C)C. The van der Waals surface area contributed by atoms with Crippen molar-refractivity contribution in [2.24, 2.45) is 0 Å². The van der Waals surface area contributed by atoms with Gasteiger partial charge in [-0.05, 0) is 24.6 Å². The molecule has 0 aromatic heterocycles. The van der Waals surface area contributed by atoms with Crippen LogP contribution >= 0.6 is 0 Å². The molecule has 0 aliphatic carbocycles. The summed E-state index contributed by atoms with van der Waals surface area (Å²) in [4.78, 5) is 13.2. The first-order valence-electron chi connectivity index (χ1n) is 5.94. The van der Waals surface area contributed by atoms with E-state index < -0.39 is 11.7 Å². The Morgan fingerprint density at radius 3 is 2.42 bits per heavy atom. The van der Waals surface area contributed by atoms with Crippen molar-refractivity contribution >= 4 is 17.3 Å². The number of nitrogens with one attached hydrogen (secondary N) is 1. The minimum Gasteiger partial charge on any atom is -0.376 e. The zero-order valence-electron chi connectivity index (χ0n) is 11.1. The van der Waals surface area contributed by atoms with E-state index in [1.165, 1.54) is 6.07 Å². The summed E-state index contributed by atoms with van der Waals surface area (Å²) in [5.41, 5.74) is -0.0550. The lowest BCUT2D eigenvalue weighted by molar-refractivity contribution is -0.137. The number of amides is 1. The number of hydrogen-bond donors (Lipinski definition) is 1. The Hall–Kier alpha value is -1.72. The van der Waals surface area contributed by atoms with Gasteiger partial charge in [-0.1, -0.05) is 6.92 Å². The second-order valence-corrected chi connectivity index (χ2v) is 4.42. The molecule has 1 amide bonds.